The third kappa shape index (κ3) is 4.08. The van der Waals surface area contributed by atoms with Crippen LogP contribution < -0.4 is 14.2 Å². The number of benzene rings is 3. The standard InChI is InChI=1S/C26H24O4/c1-4-28-21-11-9-19(10-12-21)15-24-25(27)22-13-14-23(18(3)26(22)30-24)29-16-20-7-5-17(2)6-8-20/h5-15H,4,16H2,1-3H3/b24-15-. The van der Waals surface area contributed by atoms with Gasteiger partial charge in [-0.05, 0) is 62.2 Å². The molecule has 3 aromatic carbocycles. The van der Waals surface area contributed by atoms with Crippen LogP contribution in [0, 0.1) is 13.8 Å². The van der Waals surface area contributed by atoms with E-state index in [1.807, 2.05) is 44.2 Å². The highest BCUT2D eigenvalue weighted by molar-refractivity contribution is 6.14. The van der Waals surface area contributed by atoms with E-state index in [4.69, 9.17) is 14.2 Å². The third-order valence-corrected chi connectivity index (χ3v) is 5.04. The van der Waals surface area contributed by atoms with E-state index in [0.717, 1.165) is 22.4 Å². The van der Waals surface area contributed by atoms with Crippen molar-refractivity contribution in [3.8, 4) is 17.2 Å². The van der Waals surface area contributed by atoms with Gasteiger partial charge in [-0.1, -0.05) is 42.0 Å². The molecule has 0 spiro atoms. The van der Waals surface area contributed by atoms with Gasteiger partial charge in [-0.25, -0.2) is 0 Å². The number of carbonyl (C=O) groups is 1. The summed E-state index contributed by atoms with van der Waals surface area (Å²) in [5.41, 5.74) is 4.57. The maximum Gasteiger partial charge on any atom is 0.231 e. The van der Waals surface area contributed by atoms with E-state index >= 15 is 0 Å². The van der Waals surface area contributed by atoms with Crippen molar-refractivity contribution >= 4 is 11.9 Å². The van der Waals surface area contributed by atoms with Crippen LogP contribution in [0.4, 0.5) is 0 Å². The van der Waals surface area contributed by atoms with Gasteiger partial charge in [0.25, 0.3) is 0 Å². The molecule has 0 amide bonds. The summed E-state index contributed by atoms with van der Waals surface area (Å²) in [5.74, 6) is 2.27. The lowest BCUT2D eigenvalue weighted by Crippen LogP contribution is -1.98. The van der Waals surface area contributed by atoms with Gasteiger partial charge in [0.15, 0.2) is 5.76 Å². The predicted molar refractivity (Wildman–Crippen MR) is 117 cm³/mol. The van der Waals surface area contributed by atoms with Crippen LogP contribution in [0.1, 0.15) is 39.5 Å². The molecule has 0 aliphatic carbocycles. The molecule has 0 atom stereocenters. The van der Waals surface area contributed by atoms with Gasteiger partial charge in [0.05, 0.1) is 12.2 Å². The van der Waals surface area contributed by atoms with Gasteiger partial charge < -0.3 is 14.2 Å². The van der Waals surface area contributed by atoms with Gasteiger partial charge in [0, 0.05) is 5.56 Å². The molecule has 1 aliphatic heterocycles. The van der Waals surface area contributed by atoms with Crippen molar-refractivity contribution in [1.29, 1.82) is 0 Å². The van der Waals surface area contributed by atoms with Crippen LogP contribution >= 0.6 is 0 Å². The molecule has 4 rings (SSSR count). The van der Waals surface area contributed by atoms with Crippen LogP contribution in [0.2, 0.25) is 0 Å². The Morgan fingerprint density at radius 3 is 2.33 bits per heavy atom. The highest BCUT2D eigenvalue weighted by Crippen LogP contribution is 2.39. The summed E-state index contributed by atoms with van der Waals surface area (Å²) < 4.78 is 17.4. The zero-order valence-electron chi connectivity index (χ0n) is 17.4. The van der Waals surface area contributed by atoms with Crippen LogP contribution in [0.5, 0.6) is 17.2 Å². The molecule has 1 heterocycles. The summed E-state index contributed by atoms with van der Waals surface area (Å²) in [5, 5.41) is 0. The molecule has 4 heteroatoms. The molecular weight excluding hydrogens is 376 g/mol. The SMILES string of the molecule is CCOc1ccc(/C=C2\Oc3c(ccc(OCc4ccc(C)cc4)c3C)C2=O)cc1. The molecule has 4 nitrogen and oxygen atoms in total. The average Bonchev–Trinajstić information content (AvgIpc) is 3.07. The lowest BCUT2D eigenvalue weighted by atomic mass is 10.1. The molecule has 0 N–H and O–H groups in total. The Labute approximate surface area is 176 Å². The van der Waals surface area contributed by atoms with Gasteiger partial charge >= 0.3 is 0 Å². The number of carbonyl (C=O) groups excluding carboxylic acids is 1. The Hall–Kier alpha value is -3.53. The molecule has 0 radical (unpaired) electrons. The van der Waals surface area contributed by atoms with Crippen molar-refractivity contribution in [2.75, 3.05) is 6.61 Å². The van der Waals surface area contributed by atoms with Crippen LogP contribution in [-0.2, 0) is 6.61 Å². The number of ether oxygens (including phenoxy) is 3. The topological polar surface area (TPSA) is 44.8 Å². The second kappa shape index (κ2) is 8.46. The molecule has 0 bridgehead atoms. The van der Waals surface area contributed by atoms with Crippen molar-refractivity contribution < 1.29 is 19.0 Å². The largest absolute Gasteiger partial charge is 0.494 e. The molecule has 3 aromatic rings. The summed E-state index contributed by atoms with van der Waals surface area (Å²) in [6.07, 6.45) is 1.75. The van der Waals surface area contributed by atoms with Gasteiger partial charge in [-0.15, -0.1) is 0 Å². The minimum atomic E-state index is -0.118. The van der Waals surface area contributed by atoms with Gasteiger partial charge in [0.1, 0.15) is 23.9 Å². The zero-order valence-corrected chi connectivity index (χ0v) is 17.4. The first-order valence-corrected chi connectivity index (χ1v) is 10.0. The number of rotatable bonds is 6. The fourth-order valence-corrected chi connectivity index (χ4v) is 3.35. The minimum absolute atomic E-state index is 0.118. The quantitative estimate of drug-likeness (QED) is 0.484. The van der Waals surface area contributed by atoms with Gasteiger partial charge in [-0.3, -0.25) is 4.79 Å². The van der Waals surface area contributed by atoms with E-state index in [9.17, 15) is 4.79 Å². The number of Topliss-reactive ketones (excluding diaryl/α,β-unsaturated/α-hetero) is 1. The Bertz CT molecular complexity index is 1090. The second-order valence-corrected chi connectivity index (χ2v) is 7.28. The molecule has 152 valence electrons. The van der Waals surface area contributed by atoms with E-state index in [-0.39, 0.29) is 5.78 Å². The Morgan fingerprint density at radius 2 is 1.63 bits per heavy atom. The first kappa shape index (κ1) is 19.8. The van der Waals surface area contributed by atoms with Crippen LogP contribution in [0.3, 0.4) is 0 Å². The summed E-state index contributed by atoms with van der Waals surface area (Å²) in [7, 11) is 0. The van der Waals surface area contributed by atoms with Crippen LogP contribution in [0.15, 0.2) is 66.4 Å². The first-order valence-electron chi connectivity index (χ1n) is 10.0. The molecule has 0 unspecified atom stereocenters. The van der Waals surface area contributed by atoms with Crippen molar-refractivity contribution in [2.45, 2.75) is 27.4 Å². The van der Waals surface area contributed by atoms with E-state index in [1.165, 1.54) is 5.56 Å². The minimum Gasteiger partial charge on any atom is -0.494 e. The number of allylic oxidation sites excluding steroid dienone is 1. The molecular formula is C26H24O4. The summed E-state index contributed by atoms with van der Waals surface area (Å²) in [6, 6.07) is 19.4. The number of hydrogen-bond acceptors (Lipinski definition) is 4. The van der Waals surface area contributed by atoms with Crippen LogP contribution in [0.25, 0.3) is 6.08 Å². The first-order chi connectivity index (χ1) is 14.5. The Balaban J connectivity index is 1.52. The number of hydrogen-bond donors (Lipinski definition) is 0. The van der Waals surface area contributed by atoms with E-state index in [2.05, 4.69) is 31.2 Å². The molecule has 0 saturated carbocycles. The van der Waals surface area contributed by atoms with Crippen molar-refractivity contribution in [3.63, 3.8) is 0 Å². The number of fused-ring (bicyclic) bond motifs is 1. The molecule has 30 heavy (non-hydrogen) atoms. The molecule has 0 fully saturated rings. The summed E-state index contributed by atoms with van der Waals surface area (Å²) in [4.78, 5) is 12.8. The number of aryl methyl sites for hydroxylation is 1. The highest BCUT2D eigenvalue weighted by atomic mass is 16.5. The lowest BCUT2D eigenvalue weighted by molar-refractivity contribution is 0.101. The fourth-order valence-electron chi connectivity index (χ4n) is 3.35. The van der Waals surface area contributed by atoms with Crippen molar-refractivity contribution in [2.24, 2.45) is 0 Å². The fraction of sp³-hybridized carbons (Fsp3) is 0.192. The molecule has 0 aromatic heterocycles. The van der Waals surface area contributed by atoms with E-state index < -0.39 is 0 Å². The highest BCUT2D eigenvalue weighted by Gasteiger charge is 2.30. The van der Waals surface area contributed by atoms with Gasteiger partial charge in [0.2, 0.25) is 5.78 Å². The number of ketones is 1. The normalized spacial score (nSPS) is 13.8. The monoisotopic (exact) mass is 400 g/mol. The Kier molecular flexibility index (Phi) is 5.57. The van der Waals surface area contributed by atoms with E-state index in [1.54, 1.807) is 12.1 Å². The molecule has 0 saturated heterocycles. The van der Waals surface area contributed by atoms with Crippen LogP contribution in [-0.4, -0.2) is 12.4 Å². The van der Waals surface area contributed by atoms with Gasteiger partial charge in [-0.2, -0.15) is 0 Å². The predicted octanol–water partition coefficient (Wildman–Crippen LogP) is 5.90. The van der Waals surface area contributed by atoms with E-state index in [0.29, 0.717) is 36.0 Å². The second-order valence-electron chi connectivity index (χ2n) is 7.28. The smallest absolute Gasteiger partial charge is 0.231 e. The average molecular weight is 400 g/mol. The van der Waals surface area contributed by atoms with Crippen molar-refractivity contribution in [3.05, 3.63) is 94.2 Å². The molecule has 1 aliphatic rings. The Morgan fingerprint density at radius 1 is 0.900 bits per heavy atom. The summed E-state index contributed by atoms with van der Waals surface area (Å²) >= 11 is 0. The maximum atomic E-state index is 12.8. The zero-order chi connectivity index (χ0) is 21.1. The maximum absolute atomic E-state index is 12.8. The van der Waals surface area contributed by atoms with Crippen molar-refractivity contribution in [1.82, 2.24) is 0 Å². The lowest BCUT2D eigenvalue weighted by Gasteiger charge is -2.11. The summed E-state index contributed by atoms with van der Waals surface area (Å²) in [6.45, 7) is 6.99. The third-order valence-electron chi connectivity index (χ3n) is 5.04.